The number of carbonyl (C=O) groups excluding carboxylic acids is 1. The third-order valence-corrected chi connectivity index (χ3v) is 6.21. The molecular formula is C22H19NO4S. The van der Waals surface area contributed by atoms with Gasteiger partial charge < -0.3 is 19.1 Å². The van der Waals surface area contributed by atoms with E-state index in [1.807, 2.05) is 53.4 Å². The summed E-state index contributed by atoms with van der Waals surface area (Å²) in [6, 6.07) is 17.3. The Hall–Kier alpha value is -2.99. The van der Waals surface area contributed by atoms with Crippen molar-refractivity contribution in [3.05, 3.63) is 76.0 Å². The number of benzene rings is 2. The average Bonchev–Trinajstić information content (AvgIpc) is 3.36. The Balaban J connectivity index is 1.42. The van der Waals surface area contributed by atoms with E-state index in [0.717, 1.165) is 17.1 Å². The Labute approximate surface area is 167 Å². The van der Waals surface area contributed by atoms with Crippen LogP contribution in [-0.4, -0.2) is 23.7 Å². The second-order valence-corrected chi connectivity index (χ2v) is 7.87. The van der Waals surface area contributed by atoms with Crippen LogP contribution in [-0.2, 0) is 11.3 Å². The van der Waals surface area contributed by atoms with E-state index < -0.39 is 6.10 Å². The van der Waals surface area contributed by atoms with Crippen molar-refractivity contribution in [2.45, 2.75) is 25.6 Å². The van der Waals surface area contributed by atoms with E-state index in [2.05, 4.69) is 18.4 Å². The van der Waals surface area contributed by atoms with Crippen LogP contribution < -0.4 is 14.2 Å². The number of carbonyl (C=O) groups is 1. The van der Waals surface area contributed by atoms with Gasteiger partial charge in [0.2, 0.25) is 12.9 Å². The van der Waals surface area contributed by atoms with Gasteiger partial charge in [0, 0.05) is 11.4 Å². The molecule has 5 rings (SSSR count). The molecule has 5 nitrogen and oxygen atoms in total. The second-order valence-electron chi connectivity index (χ2n) is 6.92. The molecule has 6 heteroatoms. The number of rotatable bonds is 5. The minimum atomic E-state index is -0.506. The van der Waals surface area contributed by atoms with Gasteiger partial charge in [-0.1, -0.05) is 24.3 Å². The Bertz CT molecular complexity index is 1020. The Morgan fingerprint density at radius 1 is 1.11 bits per heavy atom. The maximum absolute atomic E-state index is 13.0. The minimum absolute atomic E-state index is 0.000630. The monoisotopic (exact) mass is 393 g/mol. The van der Waals surface area contributed by atoms with Gasteiger partial charge in [-0.25, -0.2) is 0 Å². The molecule has 1 fully saturated rings. The van der Waals surface area contributed by atoms with Crippen molar-refractivity contribution < 1.29 is 19.0 Å². The fourth-order valence-electron chi connectivity index (χ4n) is 3.66. The number of ether oxygens (including phenoxy) is 3. The molecule has 0 radical (unpaired) electrons. The zero-order valence-corrected chi connectivity index (χ0v) is 16.1. The summed E-state index contributed by atoms with van der Waals surface area (Å²) in [5.74, 6) is 2.18. The van der Waals surface area contributed by atoms with Crippen LogP contribution in [0.3, 0.4) is 0 Å². The Morgan fingerprint density at radius 2 is 1.93 bits per heavy atom. The molecule has 2 aliphatic heterocycles. The third-order valence-electron chi connectivity index (χ3n) is 5.12. The van der Waals surface area contributed by atoms with Gasteiger partial charge >= 0.3 is 0 Å². The highest BCUT2D eigenvalue weighted by Gasteiger charge is 2.51. The van der Waals surface area contributed by atoms with E-state index in [1.165, 1.54) is 10.4 Å². The molecule has 0 N–H and O–H groups in total. The first-order valence-electron chi connectivity index (χ1n) is 9.15. The molecule has 1 amide bonds. The lowest BCUT2D eigenvalue weighted by Crippen LogP contribution is -2.60. The van der Waals surface area contributed by atoms with E-state index in [9.17, 15) is 4.79 Å². The maximum Gasteiger partial charge on any atom is 0.267 e. The van der Waals surface area contributed by atoms with Gasteiger partial charge in [0.15, 0.2) is 11.5 Å². The first kappa shape index (κ1) is 17.1. The van der Waals surface area contributed by atoms with Crippen molar-refractivity contribution in [1.82, 2.24) is 4.90 Å². The van der Waals surface area contributed by atoms with Crippen molar-refractivity contribution >= 4 is 17.2 Å². The maximum atomic E-state index is 13.0. The zero-order valence-electron chi connectivity index (χ0n) is 15.3. The number of thiophene rings is 1. The van der Waals surface area contributed by atoms with Gasteiger partial charge in [-0.15, -0.1) is 11.3 Å². The predicted octanol–water partition coefficient (Wildman–Crippen LogP) is 4.32. The fourth-order valence-corrected chi connectivity index (χ4v) is 4.72. The highest BCUT2D eigenvalue weighted by atomic mass is 32.1. The fraction of sp³-hybridized carbons (Fsp3) is 0.227. The van der Waals surface area contributed by atoms with Crippen LogP contribution in [0.2, 0.25) is 0 Å². The van der Waals surface area contributed by atoms with Crippen LogP contribution in [0.25, 0.3) is 0 Å². The summed E-state index contributed by atoms with van der Waals surface area (Å²) in [7, 11) is 0. The van der Waals surface area contributed by atoms with Crippen molar-refractivity contribution in [1.29, 1.82) is 0 Å². The van der Waals surface area contributed by atoms with Crippen molar-refractivity contribution in [2.24, 2.45) is 0 Å². The number of amides is 1. The van der Waals surface area contributed by atoms with E-state index in [-0.39, 0.29) is 18.7 Å². The van der Waals surface area contributed by atoms with E-state index >= 15 is 0 Å². The van der Waals surface area contributed by atoms with Crippen molar-refractivity contribution in [3.63, 3.8) is 0 Å². The number of likely N-dealkylation sites (tertiary alicyclic amines) is 1. The van der Waals surface area contributed by atoms with Gasteiger partial charge in [-0.2, -0.15) is 0 Å². The van der Waals surface area contributed by atoms with Crippen LogP contribution in [0, 0.1) is 6.92 Å². The lowest BCUT2D eigenvalue weighted by molar-refractivity contribution is -0.165. The first-order chi connectivity index (χ1) is 13.7. The number of nitrogens with zero attached hydrogens (tertiary/aromatic N) is 1. The molecule has 142 valence electrons. The number of fused-ring (bicyclic) bond motifs is 1. The first-order valence-corrected chi connectivity index (χ1v) is 10.0. The number of aryl methyl sites for hydroxylation is 1. The standard InChI is InChI=1S/C22H19NO4S/c1-14-9-10-28-21(14)19-20(27-16-5-3-2-4-6-16)22(24)23(19)12-15-7-8-17-18(11-15)26-13-25-17/h2-11,19-20H,12-13H2,1H3/t19-,20+/m1/s1. The van der Waals surface area contributed by atoms with E-state index in [4.69, 9.17) is 14.2 Å². The van der Waals surface area contributed by atoms with Gasteiger partial charge in [0.25, 0.3) is 5.91 Å². The summed E-state index contributed by atoms with van der Waals surface area (Å²) in [4.78, 5) is 16.0. The summed E-state index contributed by atoms with van der Waals surface area (Å²) < 4.78 is 16.9. The van der Waals surface area contributed by atoms with Crippen LogP contribution >= 0.6 is 11.3 Å². The van der Waals surface area contributed by atoms with Crippen LogP contribution in [0.5, 0.6) is 17.2 Å². The molecule has 1 aromatic heterocycles. The number of β-lactam (4-membered cyclic amide) rings is 1. The molecule has 3 heterocycles. The SMILES string of the molecule is Cc1ccsc1[C@H]1[C@H](Oc2ccccc2)C(=O)N1Cc1ccc2c(c1)OCO2. The van der Waals surface area contributed by atoms with E-state index in [1.54, 1.807) is 11.3 Å². The smallest absolute Gasteiger partial charge is 0.267 e. The molecule has 2 atom stereocenters. The summed E-state index contributed by atoms with van der Waals surface area (Å²) in [5.41, 5.74) is 2.19. The lowest BCUT2D eigenvalue weighted by Gasteiger charge is -2.46. The largest absolute Gasteiger partial charge is 0.478 e. The average molecular weight is 393 g/mol. The molecule has 0 aliphatic carbocycles. The normalized spacial score (nSPS) is 20.2. The van der Waals surface area contributed by atoms with Crippen molar-refractivity contribution in [3.8, 4) is 17.2 Å². The Morgan fingerprint density at radius 3 is 2.71 bits per heavy atom. The predicted molar refractivity (Wildman–Crippen MR) is 106 cm³/mol. The second kappa shape index (κ2) is 6.87. The summed E-state index contributed by atoms with van der Waals surface area (Å²) in [6.07, 6.45) is -0.506. The molecule has 28 heavy (non-hydrogen) atoms. The topological polar surface area (TPSA) is 48.0 Å². The summed E-state index contributed by atoms with van der Waals surface area (Å²) in [5, 5.41) is 2.06. The minimum Gasteiger partial charge on any atom is -0.478 e. The Kier molecular flexibility index (Phi) is 4.20. The highest BCUT2D eigenvalue weighted by molar-refractivity contribution is 7.10. The molecule has 0 saturated carbocycles. The van der Waals surface area contributed by atoms with Gasteiger partial charge in [0.05, 0.1) is 0 Å². The van der Waals surface area contributed by atoms with E-state index in [0.29, 0.717) is 12.3 Å². The molecule has 2 aliphatic rings. The molecule has 3 aromatic rings. The number of hydrogen-bond donors (Lipinski definition) is 0. The third kappa shape index (κ3) is 2.90. The molecule has 2 aromatic carbocycles. The molecule has 0 bridgehead atoms. The van der Waals surface area contributed by atoms with Crippen LogP contribution in [0.15, 0.2) is 60.0 Å². The van der Waals surface area contributed by atoms with Gasteiger partial charge in [-0.05, 0) is 53.8 Å². The molecule has 0 spiro atoms. The van der Waals surface area contributed by atoms with Gasteiger partial charge in [0.1, 0.15) is 11.8 Å². The lowest BCUT2D eigenvalue weighted by atomic mass is 9.93. The number of hydrogen-bond acceptors (Lipinski definition) is 5. The molecular weight excluding hydrogens is 374 g/mol. The summed E-state index contributed by atoms with van der Waals surface area (Å²) >= 11 is 1.67. The molecule has 1 saturated heterocycles. The zero-order chi connectivity index (χ0) is 19.1. The number of para-hydroxylation sites is 1. The van der Waals surface area contributed by atoms with Crippen LogP contribution in [0.4, 0.5) is 0 Å². The quantitative estimate of drug-likeness (QED) is 0.606. The van der Waals surface area contributed by atoms with Crippen LogP contribution in [0.1, 0.15) is 22.0 Å². The van der Waals surface area contributed by atoms with Gasteiger partial charge in [-0.3, -0.25) is 4.79 Å². The highest BCUT2D eigenvalue weighted by Crippen LogP contribution is 2.43. The summed E-state index contributed by atoms with van der Waals surface area (Å²) in [6.45, 7) is 2.82. The van der Waals surface area contributed by atoms with Crippen molar-refractivity contribution in [2.75, 3.05) is 6.79 Å². The molecule has 0 unspecified atom stereocenters.